The van der Waals surface area contributed by atoms with Crippen molar-refractivity contribution in [2.75, 3.05) is 19.6 Å². The number of nitrogens with one attached hydrogen (secondary N) is 1. The topological polar surface area (TPSA) is 37.3 Å². The fraction of sp³-hybridized carbons (Fsp3) is 0.583. The van der Waals surface area contributed by atoms with E-state index < -0.39 is 13.0 Å². The van der Waals surface area contributed by atoms with Gasteiger partial charge in [0.2, 0.25) is 0 Å². The summed E-state index contributed by atoms with van der Waals surface area (Å²) in [6, 6.07) is 3.46. The first-order valence-electron chi connectivity index (χ1n) is 6.04. The van der Waals surface area contributed by atoms with Crippen LogP contribution in [0.1, 0.15) is 17.4 Å². The molecule has 1 aromatic heterocycles. The quantitative estimate of drug-likeness (QED) is 0.883. The number of carbonyl (C=O) groups is 1. The number of alkyl halides is 2. The third-order valence-corrected chi connectivity index (χ3v) is 3.04. The van der Waals surface area contributed by atoms with Gasteiger partial charge in [0.1, 0.15) is 5.69 Å². The van der Waals surface area contributed by atoms with Gasteiger partial charge in [-0.1, -0.05) is 0 Å². The highest BCUT2D eigenvalue weighted by molar-refractivity contribution is 5.92. The monoisotopic (exact) mass is 257 g/mol. The Morgan fingerprint density at radius 2 is 2.39 bits per heavy atom. The average Bonchev–Trinajstić information content (AvgIpc) is 2.75. The normalized spacial score (nSPS) is 20.4. The predicted molar refractivity (Wildman–Crippen MR) is 63.8 cm³/mol. The molecule has 1 atom stereocenters. The van der Waals surface area contributed by atoms with E-state index in [0.717, 1.165) is 6.54 Å². The van der Waals surface area contributed by atoms with Crippen molar-refractivity contribution >= 4 is 5.91 Å². The van der Waals surface area contributed by atoms with Crippen molar-refractivity contribution < 1.29 is 13.6 Å². The lowest BCUT2D eigenvalue weighted by Gasteiger charge is -2.32. The zero-order valence-electron chi connectivity index (χ0n) is 10.3. The van der Waals surface area contributed by atoms with Gasteiger partial charge in [0.15, 0.2) is 0 Å². The molecule has 0 unspecified atom stereocenters. The summed E-state index contributed by atoms with van der Waals surface area (Å²) in [7, 11) is 0. The second-order valence-electron chi connectivity index (χ2n) is 4.54. The molecule has 0 aliphatic carbocycles. The van der Waals surface area contributed by atoms with Gasteiger partial charge in [-0.05, 0) is 19.1 Å². The second-order valence-corrected chi connectivity index (χ2v) is 4.54. The van der Waals surface area contributed by atoms with Crippen molar-refractivity contribution in [3.8, 4) is 0 Å². The first-order valence-corrected chi connectivity index (χ1v) is 6.04. The van der Waals surface area contributed by atoms with Crippen LogP contribution in [0, 0.1) is 0 Å². The Morgan fingerprint density at radius 1 is 1.61 bits per heavy atom. The van der Waals surface area contributed by atoms with Crippen molar-refractivity contribution in [1.29, 1.82) is 0 Å². The first kappa shape index (κ1) is 13.0. The maximum atomic E-state index is 12.4. The lowest BCUT2D eigenvalue weighted by atomic mass is 10.2. The Kier molecular flexibility index (Phi) is 3.96. The molecule has 0 aromatic carbocycles. The summed E-state index contributed by atoms with van der Waals surface area (Å²) in [5.41, 5.74) is 0.337. The molecule has 0 bridgehead atoms. The second kappa shape index (κ2) is 5.48. The van der Waals surface area contributed by atoms with Crippen LogP contribution in [-0.2, 0) is 6.54 Å². The Labute approximate surface area is 105 Å². The van der Waals surface area contributed by atoms with E-state index in [2.05, 4.69) is 5.32 Å². The van der Waals surface area contributed by atoms with Crippen molar-refractivity contribution in [1.82, 2.24) is 14.8 Å². The summed E-state index contributed by atoms with van der Waals surface area (Å²) in [5, 5.41) is 3.24. The third kappa shape index (κ3) is 2.87. The number of nitrogens with zero attached hydrogens (tertiary/aromatic N) is 2. The highest BCUT2D eigenvalue weighted by atomic mass is 19.3. The van der Waals surface area contributed by atoms with Gasteiger partial charge in [-0.3, -0.25) is 4.79 Å². The Hall–Kier alpha value is -1.43. The van der Waals surface area contributed by atoms with Crippen molar-refractivity contribution in [3.63, 3.8) is 0 Å². The molecular weight excluding hydrogens is 240 g/mol. The summed E-state index contributed by atoms with van der Waals surface area (Å²) < 4.78 is 26.1. The maximum absolute atomic E-state index is 12.4. The zero-order valence-corrected chi connectivity index (χ0v) is 10.3. The Morgan fingerprint density at radius 3 is 3.06 bits per heavy atom. The molecular formula is C12H17F2N3O. The first-order chi connectivity index (χ1) is 8.58. The summed E-state index contributed by atoms with van der Waals surface area (Å²) in [5.74, 6) is -0.172. The molecule has 100 valence electrons. The fourth-order valence-electron chi connectivity index (χ4n) is 2.19. The molecule has 2 heterocycles. The molecule has 1 fully saturated rings. The van der Waals surface area contributed by atoms with Gasteiger partial charge in [0.05, 0.1) is 6.54 Å². The van der Waals surface area contributed by atoms with Gasteiger partial charge < -0.3 is 14.8 Å². The SMILES string of the molecule is C[C@@H]1CN(C(=O)c2cccn2CC(F)F)CCN1. The molecule has 2 rings (SSSR count). The van der Waals surface area contributed by atoms with Crippen molar-refractivity contribution in [3.05, 3.63) is 24.0 Å². The number of hydrogen-bond donors (Lipinski definition) is 1. The summed E-state index contributed by atoms with van der Waals surface area (Å²) in [6.07, 6.45) is -0.934. The smallest absolute Gasteiger partial charge is 0.270 e. The minimum absolute atomic E-state index is 0.172. The zero-order chi connectivity index (χ0) is 13.1. The van der Waals surface area contributed by atoms with Gasteiger partial charge in [-0.25, -0.2) is 8.78 Å². The highest BCUT2D eigenvalue weighted by Crippen LogP contribution is 2.11. The molecule has 0 radical (unpaired) electrons. The number of halogens is 2. The van der Waals surface area contributed by atoms with E-state index in [4.69, 9.17) is 0 Å². The molecule has 1 aromatic rings. The number of piperazine rings is 1. The van der Waals surface area contributed by atoms with E-state index in [1.54, 1.807) is 17.0 Å². The summed E-state index contributed by atoms with van der Waals surface area (Å²) in [6.45, 7) is 3.53. The number of hydrogen-bond acceptors (Lipinski definition) is 2. The summed E-state index contributed by atoms with van der Waals surface area (Å²) in [4.78, 5) is 13.9. The Bertz CT molecular complexity index is 419. The van der Waals surface area contributed by atoms with E-state index in [0.29, 0.717) is 18.8 Å². The van der Waals surface area contributed by atoms with Crippen LogP contribution in [-0.4, -0.2) is 47.5 Å². The third-order valence-electron chi connectivity index (χ3n) is 3.04. The van der Waals surface area contributed by atoms with E-state index in [9.17, 15) is 13.6 Å². The van der Waals surface area contributed by atoms with E-state index in [1.807, 2.05) is 6.92 Å². The molecule has 6 heteroatoms. The fourth-order valence-corrected chi connectivity index (χ4v) is 2.19. The standard InChI is InChI=1S/C12H17F2N3O/c1-9-7-17(6-4-15-9)12(18)10-3-2-5-16(10)8-11(13)14/h2-3,5,9,11,15H,4,6-8H2,1H3/t9-/m1/s1. The lowest BCUT2D eigenvalue weighted by Crippen LogP contribution is -2.51. The van der Waals surface area contributed by atoms with Gasteiger partial charge in [0.25, 0.3) is 12.3 Å². The lowest BCUT2D eigenvalue weighted by molar-refractivity contribution is 0.0689. The number of carbonyl (C=O) groups excluding carboxylic acids is 1. The maximum Gasteiger partial charge on any atom is 0.270 e. The van der Waals surface area contributed by atoms with Gasteiger partial charge in [-0.15, -0.1) is 0 Å². The van der Waals surface area contributed by atoms with E-state index in [1.165, 1.54) is 10.8 Å². The molecule has 1 saturated heterocycles. The molecule has 0 spiro atoms. The van der Waals surface area contributed by atoms with Crippen LogP contribution in [0.25, 0.3) is 0 Å². The van der Waals surface area contributed by atoms with Crippen LogP contribution >= 0.6 is 0 Å². The molecule has 1 N–H and O–H groups in total. The van der Waals surface area contributed by atoms with Crippen LogP contribution in [0.15, 0.2) is 18.3 Å². The minimum atomic E-state index is -2.45. The molecule has 4 nitrogen and oxygen atoms in total. The van der Waals surface area contributed by atoms with Crippen LogP contribution in [0.4, 0.5) is 8.78 Å². The van der Waals surface area contributed by atoms with Crippen molar-refractivity contribution in [2.24, 2.45) is 0 Å². The van der Waals surface area contributed by atoms with Gasteiger partial charge in [0, 0.05) is 31.9 Å². The Balaban J connectivity index is 2.10. The highest BCUT2D eigenvalue weighted by Gasteiger charge is 2.24. The summed E-state index contributed by atoms with van der Waals surface area (Å²) >= 11 is 0. The van der Waals surface area contributed by atoms with Gasteiger partial charge >= 0.3 is 0 Å². The van der Waals surface area contributed by atoms with Crippen LogP contribution in [0.2, 0.25) is 0 Å². The molecule has 1 aliphatic heterocycles. The molecule has 1 amide bonds. The van der Waals surface area contributed by atoms with E-state index in [-0.39, 0.29) is 11.9 Å². The largest absolute Gasteiger partial charge is 0.338 e. The number of amides is 1. The van der Waals surface area contributed by atoms with Crippen molar-refractivity contribution in [2.45, 2.75) is 25.9 Å². The van der Waals surface area contributed by atoms with E-state index >= 15 is 0 Å². The molecule has 18 heavy (non-hydrogen) atoms. The molecule has 1 aliphatic rings. The molecule has 0 saturated carbocycles. The predicted octanol–water partition coefficient (Wildman–Crippen LogP) is 1.19. The van der Waals surface area contributed by atoms with Crippen LogP contribution in [0.5, 0.6) is 0 Å². The van der Waals surface area contributed by atoms with Gasteiger partial charge in [-0.2, -0.15) is 0 Å². The number of aromatic nitrogens is 1. The number of rotatable bonds is 3. The average molecular weight is 257 g/mol. The van der Waals surface area contributed by atoms with Crippen LogP contribution in [0.3, 0.4) is 0 Å². The van der Waals surface area contributed by atoms with Crippen LogP contribution < -0.4 is 5.32 Å². The minimum Gasteiger partial charge on any atom is -0.338 e.